The van der Waals surface area contributed by atoms with E-state index in [2.05, 4.69) is 4.98 Å². The molecule has 1 aromatic carbocycles. The lowest BCUT2D eigenvalue weighted by molar-refractivity contribution is -0.141. The van der Waals surface area contributed by atoms with E-state index < -0.39 is 53.2 Å². The minimum Gasteiger partial charge on any atom is -0.508 e. The number of pyridine rings is 1. The molecule has 2 heterocycles. The fraction of sp³-hybridized carbons (Fsp3) is 0.323. The number of benzene rings is 1. The van der Waals surface area contributed by atoms with Gasteiger partial charge in [-0.15, -0.1) is 0 Å². The number of aromatic hydroxyl groups is 1. The van der Waals surface area contributed by atoms with Gasteiger partial charge in [0.2, 0.25) is 0 Å². The van der Waals surface area contributed by atoms with Crippen molar-refractivity contribution in [2.75, 3.05) is 12.1 Å². The van der Waals surface area contributed by atoms with Gasteiger partial charge >= 0.3 is 6.18 Å². The fourth-order valence-electron chi connectivity index (χ4n) is 6.79. The van der Waals surface area contributed by atoms with Crippen molar-refractivity contribution in [2.45, 2.75) is 38.8 Å². The highest BCUT2D eigenvalue weighted by Gasteiger charge is 2.57. The number of carbonyl (C=O) groups is 4. The number of fused-ring (bicyclic) bond motifs is 3. The number of hydrazine groups is 1. The number of rotatable bonds is 3. The van der Waals surface area contributed by atoms with Gasteiger partial charge in [-0.25, -0.2) is 4.98 Å². The van der Waals surface area contributed by atoms with Crippen molar-refractivity contribution in [1.29, 1.82) is 0 Å². The maximum absolute atomic E-state index is 14.0. The summed E-state index contributed by atoms with van der Waals surface area (Å²) < 4.78 is 40.2. The third kappa shape index (κ3) is 4.40. The average Bonchev–Trinajstić information content (AvgIpc) is 3.21. The number of aromatic nitrogens is 1. The van der Waals surface area contributed by atoms with Gasteiger partial charge in [0.15, 0.2) is 17.4 Å². The maximum Gasteiger partial charge on any atom is 0.433 e. The molecule has 12 heteroatoms. The van der Waals surface area contributed by atoms with Crippen molar-refractivity contribution in [3.05, 3.63) is 86.6 Å². The van der Waals surface area contributed by atoms with Crippen molar-refractivity contribution >= 4 is 40.8 Å². The number of allylic oxidation sites excluding steroid dienone is 6. The Kier molecular flexibility index (Phi) is 6.64. The number of ketones is 2. The highest BCUT2D eigenvalue weighted by molar-refractivity contribution is 6.33. The standard InChI is InChI=1S/C31H25ClF3N3O5/c1-13-10-15(4-8-21(13)39)24-16-5-6-17-25(18(16)12-19-22(40)11-14(2)27(41)26(19)24)30(43)38(29(17)42)37(3)28-20(32)7-9-23(36-28)31(33,34)35/h4-5,7-11,17-18,24-25,39H,6,12H2,1-3H3/t17-,18+,24-,25-/m0/s1. The number of carbonyl (C=O) groups excluding carboxylic acids is 4. The molecule has 222 valence electrons. The Labute approximate surface area is 249 Å². The second-order valence-electron chi connectivity index (χ2n) is 11.3. The third-order valence-electron chi connectivity index (χ3n) is 8.82. The SMILES string of the molecule is CC1=CC(=O)C2=C(C1=O)[C@@H](c1ccc(O)c(C)c1)C1=CC[C@@H]3C(=O)N(N(C)c4nc(C(F)(F)F)ccc4Cl)C(=O)[C@@H]3[C@@H]1C2. The molecule has 6 rings (SSSR count). The van der Waals surface area contributed by atoms with Crippen LogP contribution in [-0.2, 0) is 25.4 Å². The molecular formula is C31H25ClF3N3O5. The van der Waals surface area contributed by atoms with Gasteiger partial charge in [-0.3, -0.25) is 24.2 Å². The van der Waals surface area contributed by atoms with Crippen LogP contribution in [0.5, 0.6) is 5.75 Å². The van der Waals surface area contributed by atoms with Gasteiger partial charge in [0.1, 0.15) is 11.4 Å². The van der Waals surface area contributed by atoms with Gasteiger partial charge < -0.3 is 5.11 Å². The molecule has 8 nitrogen and oxygen atoms in total. The van der Waals surface area contributed by atoms with Gasteiger partial charge in [-0.05, 0) is 68.0 Å². The minimum atomic E-state index is -4.78. The minimum absolute atomic E-state index is 0.0450. The summed E-state index contributed by atoms with van der Waals surface area (Å²) in [5.74, 6) is -5.38. The Balaban J connectivity index is 1.43. The van der Waals surface area contributed by atoms with Crippen molar-refractivity contribution in [3.63, 3.8) is 0 Å². The van der Waals surface area contributed by atoms with Gasteiger partial charge in [-0.2, -0.15) is 18.2 Å². The Hall–Kier alpha value is -4.25. The molecule has 1 aliphatic heterocycles. The van der Waals surface area contributed by atoms with E-state index in [-0.39, 0.29) is 40.8 Å². The van der Waals surface area contributed by atoms with Gasteiger partial charge in [0.05, 0.1) is 16.9 Å². The Bertz CT molecular complexity index is 1740. The molecule has 4 aliphatic rings. The van der Waals surface area contributed by atoms with E-state index in [4.69, 9.17) is 11.6 Å². The van der Waals surface area contributed by atoms with E-state index >= 15 is 0 Å². The second kappa shape index (κ2) is 9.90. The second-order valence-corrected chi connectivity index (χ2v) is 11.7. The largest absolute Gasteiger partial charge is 0.508 e. The number of aryl methyl sites for hydroxylation is 1. The number of amides is 2. The topological polar surface area (TPSA) is 108 Å². The number of phenolic OH excluding ortho intramolecular Hbond substituents is 1. The lowest BCUT2D eigenvalue weighted by Crippen LogP contribution is -2.46. The van der Waals surface area contributed by atoms with Crippen molar-refractivity contribution in [1.82, 2.24) is 9.99 Å². The number of anilines is 1. The average molecular weight is 612 g/mol. The predicted octanol–water partition coefficient (Wildman–Crippen LogP) is 5.25. The van der Waals surface area contributed by atoms with Crippen LogP contribution < -0.4 is 5.01 Å². The number of alkyl halides is 3. The van der Waals surface area contributed by atoms with Crippen LogP contribution in [0.4, 0.5) is 19.0 Å². The number of imide groups is 1. The van der Waals surface area contributed by atoms with Crippen molar-refractivity contribution in [2.24, 2.45) is 17.8 Å². The number of nitrogens with zero attached hydrogens (tertiary/aromatic N) is 3. The van der Waals surface area contributed by atoms with Crippen LogP contribution in [0.3, 0.4) is 0 Å². The van der Waals surface area contributed by atoms with Crippen molar-refractivity contribution in [3.8, 4) is 5.75 Å². The van der Waals surface area contributed by atoms with Crippen molar-refractivity contribution < 1.29 is 37.5 Å². The summed E-state index contributed by atoms with van der Waals surface area (Å²) in [4.78, 5) is 58.1. The number of hydrogen-bond acceptors (Lipinski definition) is 7. The molecule has 0 unspecified atom stereocenters. The molecular weight excluding hydrogens is 587 g/mol. The number of Topliss-reactive ketones (excluding diaryl/α,β-unsaturated/α-hetero) is 1. The lowest BCUT2D eigenvalue weighted by Gasteiger charge is -2.42. The molecule has 4 atom stereocenters. The number of hydrogen-bond donors (Lipinski definition) is 1. The van der Waals surface area contributed by atoms with Crippen LogP contribution in [0.25, 0.3) is 0 Å². The smallest absolute Gasteiger partial charge is 0.433 e. The zero-order chi connectivity index (χ0) is 31.1. The molecule has 3 aliphatic carbocycles. The zero-order valence-corrected chi connectivity index (χ0v) is 24.0. The first kappa shape index (κ1) is 28.9. The first-order valence-corrected chi connectivity index (χ1v) is 13.9. The monoisotopic (exact) mass is 611 g/mol. The molecule has 1 fully saturated rings. The predicted molar refractivity (Wildman–Crippen MR) is 149 cm³/mol. The summed E-state index contributed by atoms with van der Waals surface area (Å²) in [5, 5.41) is 11.7. The molecule has 0 spiro atoms. The van der Waals surface area contributed by atoms with E-state index in [1.165, 1.54) is 19.2 Å². The van der Waals surface area contributed by atoms with E-state index in [1.54, 1.807) is 26.0 Å². The summed E-state index contributed by atoms with van der Waals surface area (Å²) in [6, 6.07) is 6.61. The summed E-state index contributed by atoms with van der Waals surface area (Å²) in [5.41, 5.74) is 1.57. The fourth-order valence-corrected chi connectivity index (χ4v) is 7.02. The molecule has 2 amide bonds. The molecule has 43 heavy (non-hydrogen) atoms. The molecule has 2 aromatic rings. The van der Waals surface area contributed by atoms with E-state index in [0.717, 1.165) is 16.1 Å². The van der Waals surface area contributed by atoms with Crippen LogP contribution in [0.1, 0.15) is 42.5 Å². The normalized spacial score (nSPS) is 25.3. The molecule has 0 radical (unpaired) electrons. The third-order valence-corrected chi connectivity index (χ3v) is 9.12. The van der Waals surface area contributed by atoms with Crippen LogP contribution in [0.2, 0.25) is 5.02 Å². The molecule has 1 saturated heterocycles. The van der Waals surface area contributed by atoms with E-state index in [0.29, 0.717) is 33.9 Å². The van der Waals surface area contributed by atoms with Gasteiger partial charge in [0, 0.05) is 29.7 Å². The zero-order valence-electron chi connectivity index (χ0n) is 23.2. The van der Waals surface area contributed by atoms with Crippen LogP contribution in [0, 0.1) is 24.7 Å². The van der Waals surface area contributed by atoms with Crippen LogP contribution in [0.15, 0.2) is 64.8 Å². The first-order valence-electron chi connectivity index (χ1n) is 13.6. The van der Waals surface area contributed by atoms with Crippen LogP contribution in [-0.4, -0.2) is 45.5 Å². The Morgan fingerprint density at radius 3 is 2.44 bits per heavy atom. The summed E-state index contributed by atoms with van der Waals surface area (Å²) in [6.07, 6.45) is -1.49. The number of halogens is 4. The summed E-state index contributed by atoms with van der Waals surface area (Å²) in [6.45, 7) is 3.28. The van der Waals surface area contributed by atoms with Gasteiger partial charge in [0.25, 0.3) is 11.8 Å². The highest BCUT2D eigenvalue weighted by atomic mass is 35.5. The molecule has 0 saturated carbocycles. The van der Waals surface area contributed by atoms with E-state index in [9.17, 15) is 37.5 Å². The summed E-state index contributed by atoms with van der Waals surface area (Å²) >= 11 is 6.18. The number of phenols is 1. The summed E-state index contributed by atoms with van der Waals surface area (Å²) in [7, 11) is 1.25. The molecule has 1 N–H and O–H groups in total. The highest BCUT2D eigenvalue weighted by Crippen LogP contribution is 2.55. The molecule has 1 aromatic heterocycles. The maximum atomic E-state index is 14.0. The van der Waals surface area contributed by atoms with Crippen LogP contribution >= 0.6 is 11.6 Å². The lowest BCUT2D eigenvalue weighted by atomic mass is 9.59. The first-order chi connectivity index (χ1) is 20.2. The van der Waals surface area contributed by atoms with E-state index in [1.807, 2.05) is 6.08 Å². The Morgan fingerprint density at radius 2 is 1.77 bits per heavy atom. The van der Waals surface area contributed by atoms with Gasteiger partial charge in [-0.1, -0.05) is 35.4 Å². The quantitative estimate of drug-likeness (QED) is 0.287. The molecule has 0 bridgehead atoms. The Morgan fingerprint density at radius 1 is 1.05 bits per heavy atom.